The average Bonchev–Trinajstić information content (AvgIpc) is 2.75. The van der Waals surface area contributed by atoms with Gasteiger partial charge in [-0.2, -0.15) is 10.2 Å². The Morgan fingerprint density at radius 2 is 1.76 bits per heavy atom. The maximum atomic E-state index is 11.4. The van der Waals surface area contributed by atoms with Gasteiger partial charge in [-0.1, -0.05) is 24.3 Å². The van der Waals surface area contributed by atoms with Gasteiger partial charge in [0.2, 0.25) is 0 Å². The number of carbonyl (C=O) groups excluding carboxylic acids is 1. The van der Waals surface area contributed by atoms with E-state index in [9.17, 15) is 4.79 Å². The van der Waals surface area contributed by atoms with Crippen molar-refractivity contribution in [1.29, 1.82) is 0 Å². The average molecular weight is 284 g/mol. The van der Waals surface area contributed by atoms with E-state index in [4.69, 9.17) is 9.47 Å². The van der Waals surface area contributed by atoms with E-state index in [-0.39, 0.29) is 5.97 Å². The SMILES string of the molecule is COc1c2c(c(OC(C)=O)c3ccccc13)N=NC2(C)C. The van der Waals surface area contributed by atoms with E-state index in [2.05, 4.69) is 10.2 Å². The first-order chi connectivity index (χ1) is 9.95. The molecule has 0 N–H and O–H groups in total. The van der Waals surface area contributed by atoms with Gasteiger partial charge in [0.25, 0.3) is 0 Å². The van der Waals surface area contributed by atoms with E-state index >= 15 is 0 Å². The van der Waals surface area contributed by atoms with Gasteiger partial charge < -0.3 is 9.47 Å². The lowest BCUT2D eigenvalue weighted by molar-refractivity contribution is -0.131. The Hall–Kier alpha value is -2.43. The minimum Gasteiger partial charge on any atom is -0.496 e. The summed E-state index contributed by atoms with van der Waals surface area (Å²) in [7, 11) is 1.63. The number of fused-ring (bicyclic) bond motifs is 2. The Kier molecular flexibility index (Phi) is 2.93. The molecule has 1 heterocycles. The lowest BCUT2D eigenvalue weighted by Gasteiger charge is -2.21. The lowest BCUT2D eigenvalue weighted by Crippen LogP contribution is -2.12. The fourth-order valence-corrected chi connectivity index (χ4v) is 2.71. The molecule has 0 saturated carbocycles. The van der Waals surface area contributed by atoms with Crippen LogP contribution in [0.15, 0.2) is 34.5 Å². The van der Waals surface area contributed by atoms with Crippen LogP contribution in [0, 0.1) is 0 Å². The zero-order chi connectivity index (χ0) is 15.2. The summed E-state index contributed by atoms with van der Waals surface area (Å²) in [4.78, 5) is 11.4. The van der Waals surface area contributed by atoms with Gasteiger partial charge >= 0.3 is 5.97 Å². The molecule has 5 heteroatoms. The highest BCUT2D eigenvalue weighted by Gasteiger charge is 2.37. The van der Waals surface area contributed by atoms with Crippen molar-refractivity contribution >= 4 is 22.4 Å². The number of azo groups is 1. The van der Waals surface area contributed by atoms with E-state index in [1.165, 1.54) is 6.92 Å². The molecule has 1 aliphatic heterocycles. The number of benzene rings is 2. The minimum atomic E-state index is -0.514. The second-order valence-corrected chi connectivity index (χ2v) is 5.48. The number of carbonyl (C=O) groups is 1. The first-order valence-electron chi connectivity index (χ1n) is 6.70. The minimum absolute atomic E-state index is 0.382. The van der Waals surface area contributed by atoms with E-state index < -0.39 is 5.54 Å². The number of methoxy groups -OCH3 is 1. The summed E-state index contributed by atoms with van der Waals surface area (Å²) >= 11 is 0. The van der Waals surface area contributed by atoms with Crippen molar-refractivity contribution < 1.29 is 14.3 Å². The summed E-state index contributed by atoms with van der Waals surface area (Å²) < 4.78 is 11.0. The van der Waals surface area contributed by atoms with Crippen LogP contribution in [-0.4, -0.2) is 13.1 Å². The molecule has 0 saturated heterocycles. The van der Waals surface area contributed by atoms with E-state index in [1.54, 1.807) is 7.11 Å². The predicted molar refractivity (Wildman–Crippen MR) is 79.4 cm³/mol. The lowest BCUT2D eigenvalue weighted by atomic mass is 9.90. The van der Waals surface area contributed by atoms with Crippen LogP contribution in [0.2, 0.25) is 0 Å². The van der Waals surface area contributed by atoms with E-state index in [0.717, 1.165) is 22.1 Å². The third kappa shape index (κ3) is 1.96. The highest BCUT2D eigenvalue weighted by Crippen LogP contribution is 2.54. The Morgan fingerprint density at radius 1 is 1.14 bits per heavy atom. The van der Waals surface area contributed by atoms with E-state index in [1.807, 2.05) is 38.1 Å². The highest BCUT2D eigenvalue weighted by atomic mass is 16.5. The molecule has 0 spiro atoms. The topological polar surface area (TPSA) is 60.2 Å². The summed E-state index contributed by atoms with van der Waals surface area (Å²) in [6.45, 7) is 5.29. The predicted octanol–water partition coefficient (Wildman–Crippen LogP) is 4.11. The van der Waals surface area contributed by atoms with Crippen molar-refractivity contribution in [2.75, 3.05) is 7.11 Å². The first kappa shape index (κ1) is 13.5. The van der Waals surface area contributed by atoms with Crippen LogP contribution >= 0.6 is 0 Å². The molecule has 5 nitrogen and oxygen atoms in total. The van der Waals surface area contributed by atoms with Gasteiger partial charge in [0.05, 0.1) is 12.7 Å². The molecule has 0 aromatic heterocycles. The monoisotopic (exact) mass is 284 g/mol. The quantitative estimate of drug-likeness (QED) is 0.616. The number of hydrogen-bond acceptors (Lipinski definition) is 5. The zero-order valence-corrected chi connectivity index (χ0v) is 12.4. The normalized spacial score (nSPS) is 15.0. The van der Waals surface area contributed by atoms with Gasteiger partial charge in [0, 0.05) is 17.7 Å². The standard InChI is InChI=1S/C16H16N2O3/c1-9(19)21-15-11-8-6-5-7-10(11)14(20-4)12-13(15)17-18-16(12,2)3/h5-8H,1-4H3. The maximum absolute atomic E-state index is 11.4. The molecule has 21 heavy (non-hydrogen) atoms. The molecule has 0 unspecified atom stereocenters. The number of esters is 1. The van der Waals surface area contributed by atoms with Gasteiger partial charge in [-0.3, -0.25) is 4.79 Å². The van der Waals surface area contributed by atoms with Crippen LogP contribution in [0.25, 0.3) is 10.8 Å². The summed E-state index contributed by atoms with van der Waals surface area (Å²) in [5.41, 5.74) is 0.908. The Balaban J connectivity index is 2.46. The molecule has 0 aliphatic carbocycles. The number of nitrogens with zero attached hydrogens (tertiary/aromatic N) is 2. The van der Waals surface area contributed by atoms with Crippen LogP contribution in [0.1, 0.15) is 26.3 Å². The molecule has 1 aliphatic rings. The molecule has 3 rings (SSSR count). The summed E-state index contributed by atoms with van der Waals surface area (Å²) in [5, 5.41) is 10.2. The molecule has 108 valence electrons. The molecular weight excluding hydrogens is 268 g/mol. The van der Waals surface area contributed by atoms with Crippen LogP contribution in [0.4, 0.5) is 5.69 Å². The van der Waals surface area contributed by atoms with Gasteiger partial charge in [-0.05, 0) is 13.8 Å². The van der Waals surface area contributed by atoms with Crippen molar-refractivity contribution in [3.8, 4) is 11.5 Å². The number of rotatable bonds is 2. The Labute approximate surface area is 122 Å². The van der Waals surface area contributed by atoms with Gasteiger partial charge in [0.15, 0.2) is 5.75 Å². The smallest absolute Gasteiger partial charge is 0.308 e. The Bertz CT molecular complexity index is 779. The van der Waals surface area contributed by atoms with E-state index in [0.29, 0.717) is 11.4 Å². The number of hydrogen-bond donors (Lipinski definition) is 0. The molecule has 0 amide bonds. The van der Waals surface area contributed by atoms with Crippen molar-refractivity contribution in [3.05, 3.63) is 29.8 Å². The van der Waals surface area contributed by atoms with Crippen LogP contribution in [-0.2, 0) is 10.3 Å². The van der Waals surface area contributed by atoms with Crippen molar-refractivity contribution in [2.24, 2.45) is 10.2 Å². The summed E-state index contributed by atoms with van der Waals surface area (Å²) in [6, 6.07) is 7.64. The first-order valence-corrected chi connectivity index (χ1v) is 6.70. The van der Waals surface area contributed by atoms with Crippen molar-refractivity contribution in [3.63, 3.8) is 0 Å². The molecule has 0 bridgehead atoms. The summed E-state index contributed by atoms with van der Waals surface area (Å²) in [6.07, 6.45) is 0. The zero-order valence-electron chi connectivity index (χ0n) is 12.4. The van der Waals surface area contributed by atoms with Gasteiger partial charge in [-0.15, -0.1) is 0 Å². The molecule has 2 aromatic carbocycles. The molecule has 2 aromatic rings. The van der Waals surface area contributed by atoms with Crippen LogP contribution < -0.4 is 9.47 Å². The van der Waals surface area contributed by atoms with Gasteiger partial charge in [0.1, 0.15) is 17.0 Å². The second kappa shape index (κ2) is 4.55. The molecule has 0 radical (unpaired) electrons. The van der Waals surface area contributed by atoms with Crippen LogP contribution in [0.3, 0.4) is 0 Å². The van der Waals surface area contributed by atoms with Crippen molar-refractivity contribution in [2.45, 2.75) is 26.3 Å². The molecule has 0 atom stereocenters. The second-order valence-electron chi connectivity index (χ2n) is 5.48. The summed E-state index contributed by atoms with van der Waals surface area (Å²) in [5.74, 6) is 0.794. The molecular formula is C16H16N2O3. The Morgan fingerprint density at radius 3 is 2.33 bits per heavy atom. The number of ether oxygens (including phenoxy) is 2. The fourth-order valence-electron chi connectivity index (χ4n) is 2.71. The maximum Gasteiger partial charge on any atom is 0.308 e. The third-order valence-electron chi connectivity index (χ3n) is 3.56. The third-order valence-corrected chi connectivity index (χ3v) is 3.56. The molecule has 0 fully saturated rings. The van der Waals surface area contributed by atoms with Crippen LogP contribution in [0.5, 0.6) is 11.5 Å². The van der Waals surface area contributed by atoms with Crippen molar-refractivity contribution in [1.82, 2.24) is 0 Å². The van der Waals surface area contributed by atoms with Gasteiger partial charge in [-0.25, -0.2) is 0 Å². The highest BCUT2D eigenvalue weighted by molar-refractivity contribution is 6.01. The largest absolute Gasteiger partial charge is 0.496 e. The fraction of sp³-hybridized carbons (Fsp3) is 0.312.